The Bertz CT molecular complexity index is 720. The number of ether oxygens (including phenoxy) is 1. The molecule has 6 nitrogen and oxygen atoms in total. The third-order valence-electron chi connectivity index (χ3n) is 4.46. The van der Waals surface area contributed by atoms with Crippen molar-refractivity contribution in [1.82, 2.24) is 10.6 Å². The number of hydrogen-bond donors (Lipinski definition) is 3. The summed E-state index contributed by atoms with van der Waals surface area (Å²) in [7, 11) is 0. The summed E-state index contributed by atoms with van der Waals surface area (Å²) in [6.07, 6.45) is 3.38. The number of nitrogens with one attached hydrogen (secondary N) is 3. The third-order valence-corrected chi connectivity index (χ3v) is 4.46. The van der Waals surface area contributed by atoms with Crippen LogP contribution >= 0.6 is 24.0 Å². The Kier molecular flexibility index (Phi) is 7.71. The second kappa shape index (κ2) is 9.58. The molecular formula is C17H22F3IN4O2. The quantitative estimate of drug-likeness (QED) is 0.253. The minimum atomic E-state index is -1.63. The molecular weight excluding hydrogens is 476 g/mol. The summed E-state index contributed by atoms with van der Waals surface area (Å²) in [5, 5.41) is 8.47. The fraction of sp³-hybridized carbons (Fsp3) is 0.529. The number of aliphatic imine (C=N–C) groups is 1. The number of halogens is 4. The van der Waals surface area contributed by atoms with Gasteiger partial charge in [0.25, 0.3) is 0 Å². The lowest BCUT2D eigenvalue weighted by molar-refractivity contribution is -0.114. The van der Waals surface area contributed by atoms with Crippen LogP contribution in [0.15, 0.2) is 17.1 Å². The van der Waals surface area contributed by atoms with Crippen LogP contribution in [0.1, 0.15) is 26.2 Å². The van der Waals surface area contributed by atoms with Crippen LogP contribution in [0.2, 0.25) is 0 Å². The number of nitrogens with zero attached hydrogens (tertiary/aromatic N) is 1. The maximum atomic E-state index is 13.6. The van der Waals surface area contributed by atoms with Crippen LogP contribution in [-0.4, -0.2) is 43.2 Å². The molecule has 2 saturated heterocycles. The van der Waals surface area contributed by atoms with Crippen molar-refractivity contribution in [2.75, 3.05) is 18.4 Å². The number of amides is 1. The number of rotatable bonds is 5. The zero-order chi connectivity index (χ0) is 18.7. The van der Waals surface area contributed by atoms with Crippen LogP contribution in [0.5, 0.6) is 0 Å². The Balaban J connectivity index is 0.00000261. The fourth-order valence-corrected chi connectivity index (χ4v) is 3.25. The first kappa shape index (κ1) is 21.7. The summed E-state index contributed by atoms with van der Waals surface area (Å²) >= 11 is 0. The van der Waals surface area contributed by atoms with Crippen molar-refractivity contribution < 1.29 is 22.7 Å². The normalized spacial score (nSPS) is 23.7. The second-order valence-electron chi connectivity index (χ2n) is 6.33. The number of anilines is 1. The number of guanidine groups is 1. The van der Waals surface area contributed by atoms with Gasteiger partial charge in [0.2, 0.25) is 5.91 Å². The van der Waals surface area contributed by atoms with Crippen molar-refractivity contribution in [3.8, 4) is 0 Å². The first-order chi connectivity index (χ1) is 12.5. The van der Waals surface area contributed by atoms with Crippen LogP contribution in [0.4, 0.5) is 18.9 Å². The predicted molar refractivity (Wildman–Crippen MR) is 106 cm³/mol. The van der Waals surface area contributed by atoms with Gasteiger partial charge in [-0.2, -0.15) is 0 Å². The minimum absolute atomic E-state index is 0. The molecule has 1 aromatic carbocycles. The van der Waals surface area contributed by atoms with Gasteiger partial charge in [0.15, 0.2) is 23.4 Å². The first-order valence-electron chi connectivity index (χ1n) is 8.61. The molecule has 3 rings (SSSR count). The van der Waals surface area contributed by atoms with Gasteiger partial charge in [-0.1, -0.05) is 0 Å². The highest BCUT2D eigenvalue weighted by molar-refractivity contribution is 14.0. The van der Waals surface area contributed by atoms with Gasteiger partial charge in [0, 0.05) is 6.54 Å². The van der Waals surface area contributed by atoms with E-state index >= 15 is 0 Å². The summed E-state index contributed by atoms with van der Waals surface area (Å²) in [5.41, 5.74) is -0.427. The molecule has 2 aliphatic heterocycles. The molecule has 0 aliphatic carbocycles. The lowest BCUT2D eigenvalue weighted by Gasteiger charge is -2.22. The molecule has 1 amide bonds. The number of fused-ring (bicyclic) bond motifs is 2. The molecule has 3 N–H and O–H groups in total. The molecule has 2 heterocycles. The Morgan fingerprint density at radius 1 is 1.26 bits per heavy atom. The van der Waals surface area contributed by atoms with Crippen LogP contribution in [0, 0.1) is 17.5 Å². The second-order valence-corrected chi connectivity index (χ2v) is 6.33. The summed E-state index contributed by atoms with van der Waals surface area (Å²) in [5.74, 6) is -4.57. The number of carbonyl (C=O) groups excluding carboxylic acids is 1. The Morgan fingerprint density at radius 2 is 2.04 bits per heavy atom. The van der Waals surface area contributed by atoms with E-state index in [-0.39, 0.29) is 48.8 Å². The molecule has 10 heteroatoms. The van der Waals surface area contributed by atoms with E-state index in [1.807, 2.05) is 6.92 Å². The smallest absolute Gasteiger partial charge is 0.246 e. The maximum Gasteiger partial charge on any atom is 0.246 e. The highest BCUT2D eigenvalue weighted by Gasteiger charge is 2.41. The van der Waals surface area contributed by atoms with Crippen LogP contribution in [0.3, 0.4) is 0 Å². The third kappa shape index (κ3) is 5.24. The van der Waals surface area contributed by atoms with Gasteiger partial charge < -0.3 is 20.7 Å². The van der Waals surface area contributed by atoms with Crippen molar-refractivity contribution >= 4 is 41.5 Å². The summed E-state index contributed by atoms with van der Waals surface area (Å²) in [6, 6.07) is 1.85. The average Bonchev–Trinajstić information content (AvgIpc) is 3.23. The summed E-state index contributed by atoms with van der Waals surface area (Å²) in [4.78, 5) is 16.1. The lowest BCUT2D eigenvalue weighted by Crippen LogP contribution is -2.47. The number of carbonyl (C=O) groups is 1. The van der Waals surface area contributed by atoms with Gasteiger partial charge in [-0.05, 0) is 38.3 Å². The molecule has 3 atom stereocenters. The SMILES string of the molecule is CCNC(=NCC(=O)Nc1ccc(F)c(F)c1F)NC1CC2CCC1O2.I. The predicted octanol–water partition coefficient (Wildman–Crippen LogP) is 2.54. The van der Waals surface area contributed by atoms with Gasteiger partial charge >= 0.3 is 0 Å². The van der Waals surface area contributed by atoms with Crippen LogP contribution in [-0.2, 0) is 9.53 Å². The van der Waals surface area contributed by atoms with Gasteiger partial charge in [-0.15, -0.1) is 24.0 Å². The molecule has 150 valence electrons. The molecule has 2 fully saturated rings. The maximum absolute atomic E-state index is 13.6. The van der Waals surface area contributed by atoms with Gasteiger partial charge in [0.05, 0.1) is 23.9 Å². The molecule has 3 unspecified atom stereocenters. The monoisotopic (exact) mass is 498 g/mol. The van der Waals surface area contributed by atoms with Crippen molar-refractivity contribution in [2.24, 2.45) is 4.99 Å². The molecule has 0 aromatic heterocycles. The number of benzene rings is 1. The lowest BCUT2D eigenvalue weighted by atomic mass is 9.96. The van der Waals surface area contributed by atoms with Crippen molar-refractivity contribution in [2.45, 2.75) is 44.4 Å². The molecule has 27 heavy (non-hydrogen) atoms. The van der Waals surface area contributed by atoms with Crippen molar-refractivity contribution in [1.29, 1.82) is 0 Å². The average molecular weight is 498 g/mol. The highest BCUT2D eigenvalue weighted by atomic mass is 127. The molecule has 0 radical (unpaired) electrons. The standard InChI is InChI=1S/C17H21F3N4O2.HI/c1-2-21-17(24-12-7-9-3-6-13(12)26-9)22-8-14(25)23-11-5-4-10(18)15(19)16(11)20;/h4-5,9,12-13H,2-3,6-8H2,1H3,(H,23,25)(H2,21,22,24);1H. The zero-order valence-electron chi connectivity index (χ0n) is 14.7. The first-order valence-corrected chi connectivity index (χ1v) is 8.61. The van der Waals surface area contributed by atoms with Gasteiger partial charge in [-0.3, -0.25) is 4.79 Å². The molecule has 2 bridgehead atoms. The fourth-order valence-electron chi connectivity index (χ4n) is 3.25. The van der Waals surface area contributed by atoms with E-state index in [4.69, 9.17) is 4.74 Å². The Hall–Kier alpha value is -1.56. The van der Waals surface area contributed by atoms with E-state index in [9.17, 15) is 18.0 Å². The largest absolute Gasteiger partial charge is 0.373 e. The Morgan fingerprint density at radius 3 is 2.67 bits per heavy atom. The van der Waals surface area contributed by atoms with Crippen molar-refractivity contribution in [3.63, 3.8) is 0 Å². The van der Waals surface area contributed by atoms with Crippen LogP contribution in [0.25, 0.3) is 0 Å². The molecule has 2 aliphatic rings. The topological polar surface area (TPSA) is 74.8 Å². The molecule has 0 spiro atoms. The summed E-state index contributed by atoms with van der Waals surface area (Å²) in [6.45, 7) is 2.20. The van der Waals surface area contributed by atoms with Gasteiger partial charge in [-0.25, -0.2) is 18.2 Å². The molecule has 1 aromatic rings. The number of hydrogen-bond acceptors (Lipinski definition) is 3. The van der Waals surface area contributed by atoms with E-state index in [1.54, 1.807) is 0 Å². The van der Waals surface area contributed by atoms with E-state index in [0.717, 1.165) is 31.4 Å². The minimum Gasteiger partial charge on any atom is -0.373 e. The van der Waals surface area contributed by atoms with E-state index in [2.05, 4.69) is 20.9 Å². The van der Waals surface area contributed by atoms with Crippen LogP contribution < -0.4 is 16.0 Å². The Labute approximate surface area is 172 Å². The summed E-state index contributed by atoms with van der Waals surface area (Å²) < 4.78 is 45.5. The van der Waals surface area contributed by atoms with Gasteiger partial charge in [0.1, 0.15) is 6.54 Å². The van der Waals surface area contributed by atoms with E-state index in [1.165, 1.54) is 0 Å². The van der Waals surface area contributed by atoms with E-state index in [0.29, 0.717) is 12.5 Å². The zero-order valence-corrected chi connectivity index (χ0v) is 17.1. The van der Waals surface area contributed by atoms with Crippen molar-refractivity contribution in [3.05, 3.63) is 29.6 Å². The molecule has 0 saturated carbocycles. The van der Waals surface area contributed by atoms with E-state index < -0.39 is 29.0 Å². The highest BCUT2D eigenvalue weighted by Crippen LogP contribution is 2.34.